The molecule has 0 spiro atoms. The van der Waals surface area contributed by atoms with Crippen molar-refractivity contribution in [3.8, 4) is 5.75 Å². The molecular weight excluding hydrogens is 426 g/mol. The molecule has 0 saturated heterocycles. The van der Waals surface area contributed by atoms with Crippen molar-refractivity contribution in [3.05, 3.63) is 29.8 Å². The summed E-state index contributed by atoms with van der Waals surface area (Å²) in [7, 11) is 0. The summed E-state index contributed by atoms with van der Waals surface area (Å²) in [6.07, 6.45) is 1.36. The number of hydrogen-bond acceptors (Lipinski definition) is 6. The number of aliphatic hydroxyl groups excluding tert-OH is 1. The molecule has 33 heavy (non-hydrogen) atoms. The molecule has 0 aromatic heterocycles. The number of carbonyl (C=O) groups is 3. The molecular formula is C24H39N3O6. The van der Waals surface area contributed by atoms with Crippen LogP contribution < -0.4 is 10.6 Å². The van der Waals surface area contributed by atoms with E-state index in [1.54, 1.807) is 32.9 Å². The lowest BCUT2D eigenvalue weighted by molar-refractivity contribution is -0.143. The van der Waals surface area contributed by atoms with Crippen LogP contribution in [0, 0.1) is 0 Å². The van der Waals surface area contributed by atoms with Crippen LogP contribution in [0.1, 0.15) is 72.4 Å². The van der Waals surface area contributed by atoms with E-state index < -0.39 is 36.3 Å². The first-order chi connectivity index (χ1) is 15.4. The summed E-state index contributed by atoms with van der Waals surface area (Å²) in [6.45, 7) is 10.4. The molecule has 0 aliphatic heterocycles. The number of ether oxygens (including phenoxy) is 1. The Balaban J connectivity index is 3.29. The second-order valence-electron chi connectivity index (χ2n) is 9.11. The Kier molecular flexibility index (Phi) is 11.1. The minimum atomic E-state index is -1.29. The van der Waals surface area contributed by atoms with Crippen LogP contribution in [0.15, 0.2) is 24.3 Å². The standard InChI is InChI=1S/C24H39N3O6/c1-7-9-16(3)25-21(30)20(17-10-12-18(29)13-11-17)27(14-8-2)22(31)19(15-28)26-23(32)33-24(4,5)6/h10-13,16,19-20,28-29H,7-9,14-15H2,1-6H3,(H,25,30)(H,26,32). The molecule has 0 radical (unpaired) electrons. The summed E-state index contributed by atoms with van der Waals surface area (Å²) in [4.78, 5) is 40.3. The van der Waals surface area contributed by atoms with Crippen molar-refractivity contribution in [2.75, 3.05) is 13.2 Å². The molecule has 1 aromatic carbocycles. The number of phenolic OH excluding ortho intramolecular Hbond substituents is 1. The molecule has 9 nitrogen and oxygen atoms in total. The van der Waals surface area contributed by atoms with Gasteiger partial charge in [-0.05, 0) is 58.2 Å². The van der Waals surface area contributed by atoms with Crippen molar-refractivity contribution in [2.24, 2.45) is 0 Å². The summed E-state index contributed by atoms with van der Waals surface area (Å²) in [6, 6.07) is 3.66. The van der Waals surface area contributed by atoms with Gasteiger partial charge in [-0.2, -0.15) is 0 Å². The van der Waals surface area contributed by atoms with Crippen molar-refractivity contribution in [1.82, 2.24) is 15.5 Å². The maximum atomic E-state index is 13.4. The first-order valence-corrected chi connectivity index (χ1v) is 11.4. The van der Waals surface area contributed by atoms with Crippen LogP contribution >= 0.6 is 0 Å². The van der Waals surface area contributed by atoms with E-state index >= 15 is 0 Å². The molecule has 1 rings (SSSR count). The minimum Gasteiger partial charge on any atom is -0.508 e. The SMILES string of the molecule is CCCC(C)NC(=O)C(c1ccc(O)cc1)N(CCC)C(=O)C(CO)NC(=O)OC(C)(C)C. The zero-order chi connectivity index (χ0) is 25.2. The van der Waals surface area contributed by atoms with Gasteiger partial charge in [-0.15, -0.1) is 0 Å². The number of nitrogens with one attached hydrogen (secondary N) is 2. The molecule has 0 aliphatic rings. The molecule has 186 valence electrons. The van der Waals surface area contributed by atoms with Gasteiger partial charge in [0.25, 0.3) is 0 Å². The Morgan fingerprint density at radius 1 is 1.06 bits per heavy atom. The highest BCUT2D eigenvalue weighted by molar-refractivity contribution is 5.92. The average Bonchev–Trinajstić information content (AvgIpc) is 2.71. The number of benzene rings is 1. The number of nitrogens with zero attached hydrogens (tertiary/aromatic N) is 1. The number of rotatable bonds is 11. The van der Waals surface area contributed by atoms with Crippen LogP contribution in [0.4, 0.5) is 4.79 Å². The molecule has 3 atom stereocenters. The molecule has 3 unspecified atom stereocenters. The van der Waals surface area contributed by atoms with Gasteiger partial charge in [0.2, 0.25) is 11.8 Å². The van der Waals surface area contributed by atoms with Gasteiger partial charge in [-0.1, -0.05) is 32.4 Å². The normalized spacial score (nSPS) is 14.0. The van der Waals surface area contributed by atoms with Gasteiger partial charge in [0.05, 0.1) is 6.61 Å². The summed E-state index contributed by atoms with van der Waals surface area (Å²) >= 11 is 0. The van der Waals surface area contributed by atoms with E-state index in [4.69, 9.17) is 4.74 Å². The Hall–Kier alpha value is -2.81. The van der Waals surface area contributed by atoms with Gasteiger partial charge in [0, 0.05) is 12.6 Å². The van der Waals surface area contributed by atoms with Crippen molar-refractivity contribution >= 4 is 17.9 Å². The molecule has 3 amide bonds. The number of hydrogen-bond donors (Lipinski definition) is 4. The fourth-order valence-electron chi connectivity index (χ4n) is 3.40. The van der Waals surface area contributed by atoms with E-state index in [1.165, 1.54) is 17.0 Å². The number of phenols is 1. The van der Waals surface area contributed by atoms with Gasteiger partial charge in [0.15, 0.2) is 0 Å². The van der Waals surface area contributed by atoms with Crippen LogP contribution in [0.5, 0.6) is 5.75 Å². The minimum absolute atomic E-state index is 0.0328. The number of amides is 3. The van der Waals surface area contributed by atoms with Crippen LogP contribution in [0.25, 0.3) is 0 Å². The van der Waals surface area contributed by atoms with Crippen LogP contribution in [-0.4, -0.2) is 63.9 Å². The van der Waals surface area contributed by atoms with E-state index in [0.717, 1.165) is 12.8 Å². The zero-order valence-corrected chi connectivity index (χ0v) is 20.6. The molecule has 9 heteroatoms. The third kappa shape index (κ3) is 9.29. The number of alkyl carbamates (subject to hydrolysis) is 1. The number of aliphatic hydroxyl groups is 1. The van der Waals surface area contributed by atoms with Crippen molar-refractivity contribution in [1.29, 1.82) is 0 Å². The molecule has 0 bridgehead atoms. The van der Waals surface area contributed by atoms with Crippen molar-refractivity contribution in [2.45, 2.75) is 84.5 Å². The fourth-order valence-corrected chi connectivity index (χ4v) is 3.40. The van der Waals surface area contributed by atoms with Crippen LogP contribution in [0.2, 0.25) is 0 Å². The highest BCUT2D eigenvalue weighted by Gasteiger charge is 2.36. The first kappa shape index (κ1) is 28.2. The maximum Gasteiger partial charge on any atom is 0.408 e. The molecule has 0 fully saturated rings. The first-order valence-electron chi connectivity index (χ1n) is 11.4. The topological polar surface area (TPSA) is 128 Å². The number of aromatic hydroxyl groups is 1. The predicted molar refractivity (Wildman–Crippen MR) is 126 cm³/mol. The molecule has 0 saturated carbocycles. The molecule has 4 N–H and O–H groups in total. The van der Waals surface area contributed by atoms with E-state index in [2.05, 4.69) is 10.6 Å². The summed E-state index contributed by atoms with van der Waals surface area (Å²) in [5.74, 6) is -0.954. The predicted octanol–water partition coefficient (Wildman–Crippen LogP) is 2.86. The van der Waals surface area contributed by atoms with Gasteiger partial charge >= 0.3 is 6.09 Å². The van der Waals surface area contributed by atoms with Gasteiger partial charge in [0.1, 0.15) is 23.4 Å². The second-order valence-corrected chi connectivity index (χ2v) is 9.11. The smallest absolute Gasteiger partial charge is 0.408 e. The van der Waals surface area contributed by atoms with Crippen LogP contribution in [0.3, 0.4) is 0 Å². The molecule has 0 heterocycles. The monoisotopic (exact) mass is 465 g/mol. The van der Waals surface area contributed by atoms with Gasteiger partial charge in [-0.25, -0.2) is 4.79 Å². The molecule has 1 aromatic rings. The Morgan fingerprint density at radius 2 is 1.67 bits per heavy atom. The highest BCUT2D eigenvalue weighted by atomic mass is 16.6. The second kappa shape index (κ2) is 13.0. The quantitative estimate of drug-likeness (QED) is 0.398. The van der Waals surface area contributed by atoms with E-state index in [1.807, 2.05) is 20.8 Å². The van der Waals surface area contributed by atoms with Crippen LogP contribution in [-0.2, 0) is 14.3 Å². The fraction of sp³-hybridized carbons (Fsp3) is 0.625. The van der Waals surface area contributed by atoms with Gasteiger partial charge in [-0.3, -0.25) is 9.59 Å². The third-order valence-corrected chi connectivity index (χ3v) is 4.80. The van der Waals surface area contributed by atoms with E-state index in [9.17, 15) is 24.6 Å². The molecule has 0 aliphatic carbocycles. The van der Waals surface area contributed by atoms with E-state index in [-0.39, 0.29) is 24.2 Å². The maximum absolute atomic E-state index is 13.4. The van der Waals surface area contributed by atoms with Crippen molar-refractivity contribution < 1.29 is 29.3 Å². The Morgan fingerprint density at radius 3 is 2.15 bits per heavy atom. The average molecular weight is 466 g/mol. The lowest BCUT2D eigenvalue weighted by Gasteiger charge is -2.34. The summed E-state index contributed by atoms with van der Waals surface area (Å²) in [5, 5.41) is 24.9. The Bertz CT molecular complexity index is 775. The largest absolute Gasteiger partial charge is 0.508 e. The van der Waals surface area contributed by atoms with Gasteiger partial charge < -0.3 is 30.5 Å². The van der Waals surface area contributed by atoms with Crippen molar-refractivity contribution in [3.63, 3.8) is 0 Å². The number of carbonyl (C=O) groups excluding carboxylic acids is 3. The zero-order valence-electron chi connectivity index (χ0n) is 20.6. The summed E-state index contributed by atoms with van der Waals surface area (Å²) < 4.78 is 5.21. The Labute approximate surface area is 196 Å². The van der Waals surface area contributed by atoms with E-state index in [0.29, 0.717) is 12.0 Å². The summed E-state index contributed by atoms with van der Waals surface area (Å²) in [5.41, 5.74) is -0.273. The highest BCUT2D eigenvalue weighted by Crippen LogP contribution is 2.25. The lowest BCUT2D eigenvalue weighted by atomic mass is 10.0. The third-order valence-electron chi connectivity index (χ3n) is 4.80. The lowest BCUT2D eigenvalue weighted by Crippen LogP contribution is -2.55.